The zero-order valence-corrected chi connectivity index (χ0v) is 35.0. The minimum absolute atomic E-state index is 0.0173. The highest BCUT2D eigenvalue weighted by Gasteiger charge is 2.23. The van der Waals surface area contributed by atoms with E-state index >= 15 is 0 Å². The van der Waals surface area contributed by atoms with E-state index in [1.165, 1.54) is 64.9 Å². The van der Waals surface area contributed by atoms with E-state index < -0.39 is 0 Å². The lowest BCUT2D eigenvalue weighted by molar-refractivity contribution is 1.17. The summed E-state index contributed by atoms with van der Waals surface area (Å²) in [5.74, 6) is 0. The average Bonchev–Trinajstić information content (AvgIpc) is 4.00. The first-order chi connectivity index (χ1) is 32.2. The third kappa shape index (κ3) is 4.57. The van der Waals surface area contributed by atoms with E-state index in [1.807, 2.05) is 22.6 Å². The van der Waals surface area contributed by atoms with Crippen LogP contribution in [0, 0.1) is 0 Å². The van der Waals surface area contributed by atoms with Gasteiger partial charge in [-0.05, 0) is 122 Å². The van der Waals surface area contributed by atoms with Gasteiger partial charge in [0.25, 0.3) is 5.56 Å². The van der Waals surface area contributed by atoms with Crippen LogP contribution in [0.15, 0.2) is 217 Å². The first-order valence-electron chi connectivity index (χ1n) is 22.3. The fourth-order valence-corrected chi connectivity index (χ4v) is 11.6. The first kappa shape index (κ1) is 34.8. The zero-order valence-electron chi connectivity index (χ0n) is 35.0. The van der Waals surface area contributed by atoms with E-state index in [0.717, 1.165) is 71.5 Å². The van der Waals surface area contributed by atoms with Gasteiger partial charge in [-0.1, -0.05) is 140 Å². The molecule has 4 nitrogen and oxygen atoms in total. The Kier molecular flexibility index (Phi) is 6.79. The van der Waals surface area contributed by atoms with E-state index in [2.05, 4.69) is 203 Å². The van der Waals surface area contributed by atoms with Crippen molar-refractivity contribution in [2.45, 2.75) is 0 Å². The fraction of sp³-hybridized carbons (Fsp3) is 0. The number of rotatable bonds is 3. The Hall–Kier alpha value is -8.73. The molecule has 0 N–H and O–H groups in total. The maximum atomic E-state index is 14.4. The molecule has 0 unspecified atom stereocenters. The van der Waals surface area contributed by atoms with Crippen LogP contribution in [-0.4, -0.2) is 13.5 Å². The Morgan fingerprint density at radius 1 is 0.277 bits per heavy atom. The zero-order chi connectivity index (χ0) is 42.5. The maximum Gasteiger partial charge on any atom is 0.263 e. The quantitative estimate of drug-likeness (QED) is 0.163. The highest BCUT2D eigenvalue weighted by atomic mass is 16.1. The smallest absolute Gasteiger partial charge is 0.263 e. The number of nitrogens with zero attached hydrogens (tertiary/aromatic N) is 3. The van der Waals surface area contributed by atoms with Crippen molar-refractivity contribution in [2.75, 3.05) is 0 Å². The summed E-state index contributed by atoms with van der Waals surface area (Å²) in [6.07, 6.45) is 0. The molecule has 65 heavy (non-hydrogen) atoms. The summed E-state index contributed by atoms with van der Waals surface area (Å²) in [5, 5.41) is 17.1. The standard InChI is InChI=1S/C61H35N3O/c65-61-47-26-9-7-21-42(47)52-30-36(31-53-45-24-12-15-29-56(45)64(61)60(52)53)48-32-38(33-51-41-20-5-4-18-39(41)40-19-6-8-25-46(40)59(48)51)63-55-28-14-11-23-44(55)50-34-49-43-22-10-13-27-54(43)62(57(49)35-58(50)63)37-16-2-1-3-17-37/h1-35H. The van der Waals surface area contributed by atoms with Crippen molar-refractivity contribution in [2.24, 2.45) is 0 Å². The second-order valence-electron chi connectivity index (χ2n) is 17.6. The summed E-state index contributed by atoms with van der Waals surface area (Å²) in [6, 6.07) is 77.0. The summed E-state index contributed by atoms with van der Waals surface area (Å²) in [4.78, 5) is 14.4. The number of fused-ring (bicyclic) bond motifs is 17. The minimum atomic E-state index is 0.0173. The van der Waals surface area contributed by atoms with Crippen molar-refractivity contribution in [3.8, 4) is 22.5 Å². The van der Waals surface area contributed by atoms with E-state index in [-0.39, 0.29) is 5.56 Å². The molecule has 4 heteroatoms. The molecule has 0 saturated carbocycles. The van der Waals surface area contributed by atoms with Crippen molar-refractivity contribution in [1.82, 2.24) is 13.5 Å². The molecule has 11 aromatic carbocycles. The van der Waals surface area contributed by atoms with E-state index in [4.69, 9.17) is 0 Å². The Labute approximate surface area is 371 Å². The second kappa shape index (κ2) is 12.7. The molecule has 0 aliphatic rings. The molecular weight excluding hydrogens is 791 g/mol. The van der Waals surface area contributed by atoms with E-state index in [9.17, 15) is 4.79 Å². The number of para-hydroxylation sites is 4. The highest BCUT2D eigenvalue weighted by Crippen LogP contribution is 2.46. The number of benzene rings is 11. The van der Waals surface area contributed by atoms with Gasteiger partial charge < -0.3 is 9.13 Å². The van der Waals surface area contributed by atoms with Gasteiger partial charge in [-0.15, -0.1) is 0 Å². The summed E-state index contributed by atoms with van der Waals surface area (Å²) in [6.45, 7) is 0. The third-order valence-corrected chi connectivity index (χ3v) is 14.3. The average molecular weight is 826 g/mol. The van der Waals surface area contributed by atoms with Crippen molar-refractivity contribution in [3.05, 3.63) is 223 Å². The third-order valence-electron chi connectivity index (χ3n) is 14.3. The van der Waals surface area contributed by atoms with E-state index in [1.54, 1.807) is 0 Å². The lowest BCUT2D eigenvalue weighted by Gasteiger charge is -2.19. The molecule has 4 heterocycles. The molecule has 15 aromatic rings. The predicted octanol–water partition coefficient (Wildman–Crippen LogP) is 15.5. The Morgan fingerprint density at radius 3 is 1.35 bits per heavy atom. The Morgan fingerprint density at radius 2 is 0.723 bits per heavy atom. The van der Waals surface area contributed by atoms with Crippen molar-refractivity contribution >= 4 is 114 Å². The van der Waals surface area contributed by atoms with Gasteiger partial charge in [0.15, 0.2) is 0 Å². The first-order valence-corrected chi connectivity index (χ1v) is 22.3. The molecule has 0 saturated heterocycles. The lowest BCUT2D eigenvalue weighted by Crippen LogP contribution is -2.12. The number of hydrogen-bond acceptors (Lipinski definition) is 1. The van der Waals surface area contributed by atoms with Crippen LogP contribution in [0.1, 0.15) is 0 Å². The van der Waals surface area contributed by atoms with Gasteiger partial charge in [0, 0.05) is 54.5 Å². The van der Waals surface area contributed by atoms with Crippen LogP contribution in [0.2, 0.25) is 0 Å². The van der Waals surface area contributed by atoms with Gasteiger partial charge in [-0.2, -0.15) is 0 Å². The van der Waals surface area contributed by atoms with Gasteiger partial charge in [0.1, 0.15) is 0 Å². The van der Waals surface area contributed by atoms with Crippen LogP contribution in [0.25, 0.3) is 136 Å². The normalized spacial score (nSPS) is 12.4. The molecule has 300 valence electrons. The molecule has 0 fully saturated rings. The summed E-state index contributed by atoms with van der Waals surface area (Å²) >= 11 is 0. The van der Waals surface area contributed by atoms with Crippen molar-refractivity contribution < 1.29 is 0 Å². The van der Waals surface area contributed by atoms with Crippen LogP contribution in [0.3, 0.4) is 0 Å². The Balaban J connectivity index is 1.14. The predicted molar refractivity (Wildman–Crippen MR) is 274 cm³/mol. The van der Waals surface area contributed by atoms with Crippen LogP contribution >= 0.6 is 0 Å². The van der Waals surface area contributed by atoms with Crippen LogP contribution < -0.4 is 5.56 Å². The molecule has 0 spiro atoms. The molecule has 15 rings (SSSR count). The van der Waals surface area contributed by atoms with Crippen molar-refractivity contribution in [1.29, 1.82) is 0 Å². The van der Waals surface area contributed by atoms with Gasteiger partial charge in [0.05, 0.1) is 33.1 Å². The second-order valence-corrected chi connectivity index (χ2v) is 17.6. The molecule has 0 amide bonds. The fourth-order valence-electron chi connectivity index (χ4n) is 11.6. The lowest BCUT2D eigenvalue weighted by atomic mass is 9.88. The van der Waals surface area contributed by atoms with Crippen LogP contribution in [0.4, 0.5) is 0 Å². The Bertz CT molecular complexity index is 4610. The molecule has 0 atom stereocenters. The molecule has 0 bridgehead atoms. The molecular formula is C61H35N3O. The number of aromatic nitrogens is 3. The summed E-state index contributed by atoms with van der Waals surface area (Å²) < 4.78 is 6.85. The number of pyridine rings is 1. The largest absolute Gasteiger partial charge is 0.309 e. The van der Waals surface area contributed by atoms with Crippen LogP contribution in [0.5, 0.6) is 0 Å². The van der Waals surface area contributed by atoms with Crippen molar-refractivity contribution in [3.63, 3.8) is 0 Å². The monoisotopic (exact) mass is 825 g/mol. The summed E-state index contributed by atoms with van der Waals surface area (Å²) in [7, 11) is 0. The van der Waals surface area contributed by atoms with E-state index in [0.29, 0.717) is 0 Å². The summed E-state index contributed by atoms with van der Waals surface area (Å²) in [5.41, 5.74) is 11.1. The van der Waals surface area contributed by atoms with Crippen LogP contribution in [-0.2, 0) is 0 Å². The van der Waals surface area contributed by atoms with Gasteiger partial charge >= 0.3 is 0 Å². The molecule has 0 aliphatic heterocycles. The number of hydrogen-bond donors (Lipinski definition) is 0. The highest BCUT2D eigenvalue weighted by molar-refractivity contribution is 6.30. The topological polar surface area (TPSA) is 31.3 Å². The van der Waals surface area contributed by atoms with Gasteiger partial charge in [-0.3, -0.25) is 9.20 Å². The van der Waals surface area contributed by atoms with Gasteiger partial charge in [-0.25, -0.2) is 0 Å². The minimum Gasteiger partial charge on any atom is -0.309 e. The maximum absolute atomic E-state index is 14.4. The molecule has 0 aliphatic carbocycles. The molecule has 4 aromatic heterocycles. The molecule has 0 radical (unpaired) electrons. The SMILES string of the molecule is O=c1c2ccccc2c2cc(-c3cc(-n4c5ccccc5c5cc6c7ccccc7n(-c7ccccc7)c6cc54)cc4c5ccccc5c5ccccc5c34)cc3c4ccccc4n1c23. The van der Waals surface area contributed by atoms with Gasteiger partial charge in [0.2, 0.25) is 0 Å².